The van der Waals surface area contributed by atoms with Crippen molar-refractivity contribution in [1.82, 2.24) is 15.0 Å². The molecule has 0 fully saturated rings. The van der Waals surface area contributed by atoms with Crippen LogP contribution >= 0.6 is 22.7 Å². The molecule has 0 bridgehead atoms. The lowest BCUT2D eigenvalue weighted by Gasteiger charge is -2.10. The molecule has 0 saturated carbocycles. The van der Waals surface area contributed by atoms with Crippen LogP contribution in [0.15, 0.2) is 188 Å². The number of benzene rings is 8. The monoisotopic (exact) mass is 749 g/mol. The largest absolute Gasteiger partial charge is 0.208 e. The smallest absolute Gasteiger partial charge is 0.165 e. The fourth-order valence-electron chi connectivity index (χ4n) is 7.86. The molecule has 0 spiro atoms. The van der Waals surface area contributed by atoms with E-state index in [4.69, 9.17) is 15.0 Å². The van der Waals surface area contributed by atoms with Crippen molar-refractivity contribution in [2.75, 3.05) is 0 Å². The van der Waals surface area contributed by atoms with Crippen molar-refractivity contribution >= 4 is 63.0 Å². The Hall–Kier alpha value is -6.79. The Kier molecular flexibility index (Phi) is 7.87. The van der Waals surface area contributed by atoms with Gasteiger partial charge in [-0.2, -0.15) is 0 Å². The minimum Gasteiger partial charge on any atom is -0.208 e. The quantitative estimate of drug-likeness (QED) is 0.170. The minimum atomic E-state index is 0.650. The Labute approximate surface area is 331 Å². The number of fused-ring (bicyclic) bond motifs is 6. The number of hydrogen-bond acceptors (Lipinski definition) is 5. The predicted molar refractivity (Wildman–Crippen MR) is 238 cm³/mol. The summed E-state index contributed by atoms with van der Waals surface area (Å²) in [6, 6.07) is 66.7. The first-order chi connectivity index (χ1) is 27.7. The third-order valence-corrected chi connectivity index (χ3v) is 13.0. The van der Waals surface area contributed by atoms with Crippen molar-refractivity contribution in [3.8, 4) is 67.5 Å². The van der Waals surface area contributed by atoms with Gasteiger partial charge in [-0.15, -0.1) is 22.7 Å². The van der Waals surface area contributed by atoms with E-state index < -0.39 is 0 Å². The average Bonchev–Trinajstić information content (AvgIpc) is 3.86. The number of rotatable bonds is 6. The molecule has 56 heavy (non-hydrogen) atoms. The second-order valence-corrected chi connectivity index (χ2v) is 16.0. The Balaban J connectivity index is 1.09. The summed E-state index contributed by atoms with van der Waals surface area (Å²) in [5, 5.41) is 5.06. The number of thiophene rings is 2. The van der Waals surface area contributed by atoms with Crippen molar-refractivity contribution < 1.29 is 0 Å². The number of aromatic nitrogens is 3. The Bertz CT molecular complexity index is 3220. The molecule has 262 valence electrons. The van der Waals surface area contributed by atoms with Gasteiger partial charge in [-0.1, -0.05) is 164 Å². The first-order valence-electron chi connectivity index (χ1n) is 18.7. The molecule has 3 aromatic heterocycles. The molecule has 0 unspecified atom stereocenters. The second-order valence-electron chi connectivity index (χ2n) is 13.9. The van der Waals surface area contributed by atoms with Gasteiger partial charge in [0.25, 0.3) is 0 Å². The summed E-state index contributed by atoms with van der Waals surface area (Å²) in [6.07, 6.45) is 0. The first kappa shape index (κ1) is 32.6. The van der Waals surface area contributed by atoms with E-state index in [9.17, 15) is 0 Å². The third kappa shape index (κ3) is 5.60. The van der Waals surface area contributed by atoms with Gasteiger partial charge >= 0.3 is 0 Å². The van der Waals surface area contributed by atoms with E-state index in [1.54, 1.807) is 0 Å². The summed E-state index contributed by atoms with van der Waals surface area (Å²) in [6.45, 7) is 0. The van der Waals surface area contributed by atoms with E-state index in [-0.39, 0.29) is 0 Å². The van der Waals surface area contributed by atoms with Gasteiger partial charge in [0, 0.05) is 57.0 Å². The molecule has 8 aromatic carbocycles. The highest BCUT2D eigenvalue weighted by Gasteiger charge is 2.20. The highest BCUT2D eigenvalue weighted by molar-refractivity contribution is 7.27. The molecular weight excluding hydrogens is 719 g/mol. The Morgan fingerprint density at radius 3 is 1.48 bits per heavy atom. The molecule has 0 amide bonds. The van der Waals surface area contributed by atoms with E-state index in [2.05, 4.69) is 164 Å². The molecule has 0 saturated heterocycles. The third-order valence-electron chi connectivity index (χ3n) is 10.6. The van der Waals surface area contributed by atoms with Crippen LogP contribution in [0.2, 0.25) is 0 Å². The highest BCUT2D eigenvalue weighted by Crippen LogP contribution is 2.47. The normalized spacial score (nSPS) is 11.6. The zero-order valence-corrected chi connectivity index (χ0v) is 31.7. The lowest BCUT2D eigenvalue weighted by molar-refractivity contribution is 1.08. The maximum absolute atomic E-state index is 5.19. The average molecular weight is 750 g/mol. The summed E-state index contributed by atoms with van der Waals surface area (Å²) in [7, 11) is 0. The van der Waals surface area contributed by atoms with Crippen molar-refractivity contribution in [1.29, 1.82) is 0 Å². The SMILES string of the molecule is c1ccc(-c2ccc(-c3nc(-c4ccccc4)nc(-c4cccc5c4sc4c(-c6cc(-c7ccccc7)c7c(c6)sc6ccccc67)cccc45)n3)cc2)cc1. The van der Waals surface area contributed by atoms with Crippen molar-refractivity contribution in [2.24, 2.45) is 0 Å². The summed E-state index contributed by atoms with van der Waals surface area (Å²) in [5.41, 5.74) is 10.2. The van der Waals surface area contributed by atoms with E-state index in [0.717, 1.165) is 27.0 Å². The summed E-state index contributed by atoms with van der Waals surface area (Å²) >= 11 is 3.69. The van der Waals surface area contributed by atoms with Crippen LogP contribution < -0.4 is 0 Å². The van der Waals surface area contributed by atoms with Gasteiger partial charge in [-0.3, -0.25) is 0 Å². The molecule has 0 atom stereocenters. The zero-order chi connectivity index (χ0) is 37.0. The van der Waals surface area contributed by atoms with Crippen LogP contribution in [0.25, 0.3) is 108 Å². The highest BCUT2D eigenvalue weighted by atomic mass is 32.1. The standard InChI is InChI=1S/C51H31N3S2/c1-4-14-32(15-5-1)33-26-28-36(29-27-33)50-52-49(35-18-8-3-9-19-35)53-51(54-50)42-24-13-23-40-39-22-12-21-38(47(39)56-48(40)42)37-30-43(34-16-6-2-7-17-34)46-41-20-10-11-25-44(41)55-45(46)31-37/h1-31H. The maximum Gasteiger partial charge on any atom is 0.165 e. The van der Waals surface area contributed by atoms with Crippen LogP contribution in [0, 0.1) is 0 Å². The first-order valence-corrected chi connectivity index (χ1v) is 20.3. The van der Waals surface area contributed by atoms with E-state index in [0.29, 0.717) is 17.5 Å². The van der Waals surface area contributed by atoms with Gasteiger partial charge in [0.15, 0.2) is 17.5 Å². The molecule has 5 heteroatoms. The molecular formula is C51H31N3S2. The van der Waals surface area contributed by atoms with Crippen LogP contribution in [0.1, 0.15) is 0 Å². The molecule has 0 aliphatic carbocycles. The molecule has 11 rings (SSSR count). The molecule has 3 heterocycles. The van der Waals surface area contributed by atoms with Gasteiger partial charge in [-0.25, -0.2) is 15.0 Å². The zero-order valence-electron chi connectivity index (χ0n) is 30.1. The summed E-state index contributed by atoms with van der Waals surface area (Å²) < 4.78 is 5.02. The van der Waals surface area contributed by atoms with Crippen LogP contribution in [0.5, 0.6) is 0 Å². The predicted octanol–water partition coefficient (Wildman–Crippen LogP) is 14.6. The Morgan fingerprint density at radius 1 is 0.286 bits per heavy atom. The van der Waals surface area contributed by atoms with E-state index in [1.165, 1.54) is 63.5 Å². The fourth-order valence-corrected chi connectivity index (χ4v) is 10.4. The summed E-state index contributed by atoms with van der Waals surface area (Å²) in [4.78, 5) is 15.4. The maximum atomic E-state index is 5.19. The second kappa shape index (κ2) is 13.5. The van der Waals surface area contributed by atoms with Crippen molar-refractivity contribution in [3.05, 3.63) is 188 Å². The molecule has 0 radical (unpaired) electrons. The summed E-state index contributed by atoms with van der Waals surface area (Å²) in [5.74, 6) is 1.97. The number of hydrogen-bond donors (Lipinski definition) is 0. The fraction of sp³-hybridized carbons (Fsp3) is 0. The molecule has 3 nitrogen and oxygen atoms in total. The lowest BCUT2D eigenvalue weighted by Crippen LogP contribution is -2.00. The van der Waals surface area contributed by atoms with Crippen LogP contribution in [-0.2, 0) is 0 Å². The molecule has 0 aliphatic rings. The van der Waals surface area contributed by atoms with Gasteiger partial charge < -0.3 is 0 Å². The van der Waals surface area contributed by atoms with E-state index >= 15 is 0 Å². The van der Waals surface area contributed by atoms with E-state index in [1.807, 2.05) is 46.9 Å². The van der Waals surface area contributed by atoms with Crippen LogP contribution in [-0.4, -0.2) is 15.0 Å². The minimum absolute atomic E-state index is 0.650. The van der Waals surface area contributed by atoms with Gasteiger partial charge in [0.1, 0.15) is 0 Å². The van der Waals surface area contributed by atoms with Gasteiger partial charge in [-0.05, 0) is 57.6 Å². The topological polar surface area (TPSA) is 38.7 Å². The van der Waals surface area contributed by atoms with Crippen molar-refractivity contribution in [3.63, 3.8) is 0 Å². The van der Waals surface area contributed by atoms with Crippen molar-refractivity contribution in [2.45, 2.75) is 0 Å². The lowest BCUT2D eigenvalue weighted by atomic mass is 9.94. The number of nitrogens with zero attached hydrogens (tertiary/aromatic N) is 3. The molecule has 11 aromatic rings. The van der Waals surface area contributed by atoms with Gasteiger partial charge in [0.2, 0.25) is 0 Å². The molecule has 0 N–H and O–H groups in total. The Morgan fingerprint density at radius 2 is 0.786 bits per heavy atom. The van der Waals surface area contributed by atoms with Crippen LogP contribution in [0.3, 0.4) is 0 Å². The van der Waals surface area contributed by atoms with Crippen LogP contribution in [0.4, 0.5) is 0 Å². The molecule has 0 aliphatic heterocycles. The van der Waals surface area contributed by atoms with Gasteiger partial charge in [0.05, 0.1) is 0 Å².